The van der Waals surface area contributed by atoms with Crippen LogP contribution in [0, 0.1) is 0 Å². The molecule has 0 saturated carbocycles. The number of esters is 1. The monoisotopic (exact) mass is 490 g/mol. The molecule has 0 bridgehead atoms. The van der Waals surface area contributed by atoms with Gasteiger partial charge >= 0.3 is 5.97 Å². The number of anilines is 1. The number of thiophene rings is 1. The first kappa shape index (κ1) is 23.0. The van der Waals surface area contributed by atoms with Crippen molar-refractivity contribution in [3.8, 4) is 0 Å². The minimum absolute atomic E-state index is 0.124. The maximum absolute atomic E-state index is 12.6. The molecule has 2 aromatic rings. The number of halogens is 2. The third kappa shape index (κ3) is 5.73. The molecule has 0 spiro atoms. The van der Waals surface area contributed by atoms with Crippen molar-refractivity contribution >= 4 is 62.1 Å². The van der Waals surface area contributed by atoms with Crippen molar-refractivity contribution < 1.29 is 22.7 Å². The molecule has 0 radical (unpaired) electrons. The van der Waals surface area contributed by atoms with Gasteiger partial charge in [-0.15, -0.1) is 11.3 Å². The molecule has 30 heavy (non-hydrogen) atoms. The topological polar surface area (TPSA) is 92.8 Å². The summed E-state index contributed by atoms with van der Waals surface area (Å²) in [5.74, 6) is -1.17. The maximum atomic E-state index is 12.6. The summed E-state index contributed by atoms with van der Waals surface area (Å²) in [6, 6.07) is 7.66. The minimum Gasteiger partial charge on any atom is -0.452 e. The van der Waals surface area contributed by atoms with Crippen LogP contribution >= 0.6 is 34.5 Å². The fourth-order valence-electron chi connectivity index (χ4n) is 2.95. The average molecular weight is 491 g/mol. The number of hydrogen-bond acceptors (Lipinski definition) is 6. The van der Waals surface area contributed by atoms with Crippen molar-refractivity contribution in [2.24, 2.45) is 0 Å². The van der Waals surface area contributed by atoms with E-state index in [4.69, 9.17) is 27.9 Å². The van der Waals surface area contributed by atoms with Crippen molar-refractivity contribution in [1.29, 1.82) is 0 Å². The Balaban J connectivity index is 1.56. The van der Waals surface area contributed by atoms with Crippen molar-refractivity contribution in [3.05, 3.63) is 45.3 Å². The van der Waals surface area contributed by atoms with E-state index in [1.807, 2.05) is 0 Å². The summed E-state index contributed by atoms with van der Waals surface area (Å²) < 4.78 is 32.0. The zero-order valence-electron chi connectivity index (χ0n) is 16.1. The van der Waals surface area contributed by atoms with Crippen LogP contribution in [0.2, 0.25) is 10.0 Å². The van der Waals surface area contributed by atoms with E-state index in [-0.39, 0.29) is 10.6 Å². The van der Waals surface area contributed by atoms with Crippen molar-refractivity contribution in [3.63, 3.8) is 0 Å². The van der Waals surface area contributed by atoms with Gasteiger partial charge in [0, 0.05) is 33.7 Å². The Morgan fingerprint density at radius 2 is 1.80 bits per heavy atom. The summed E-state index contributed by atoms with van der Waals surface area (Å²) in [5.41, 5.74) is 0.385. The van der Waals surface area contributed by atoms with Gasteiger partial charge in [0.2, 0.25) is 0 Å². The Morgan fingerprint density at radius 3 is 2.43 bits per heavy atom. The standard InChI is InChI=1S/C19H20Cl2N2O5S2/c1-12(19(25)22-15-9-13(20)8-14(21)10-15)28-17(24)11-16-4-5-18(29-16)30(26,27)23-6-2-3-7-23/h4-5,8-10,12H,2-3,6-7,11H2,1H3,(H,22,25)/t12-/m0/s1. The predicted molar refractivity (Wildman–Crippen MR) is 117 cm³/mol. The second-order valence-corrected chi connectivity index (χ2v) is 11.0. The molecular weight excluding hydrogens is 471 g/mol. The number of hydrogen-bond donors (Lipinski definition) is 1. The zero-order valence-corrected chi connectivity index (χ0v) is 19.2. The summed E-state index contributed by atoms with van der Waals surface area (Å²) >= 11 is 12.8. The summed E-state index contributed by atoms with van der Waals surface area (Å²) in [4.78, 5) is 25.0. The lowest BCUT2D eigenvalue weighted by atomic mass is 10.3. The first-order valence-corrected chi connectivity index (χ1v) is 12.2. The lowest BCUT2D eigenvalue weighted by Crippen LogP contribution is -2.30. The Bertz CT molecular complexity index is 1030. The Morgan fingerprint density at radius 1 is 1.17 bits per heavy atom. The number of carbonyl (C=O) groups excluding carboxylic acids is 2. The van der Waals surface area contributed by atoms with E-state index in [2.05, 4.69) is 5.32 Å². The van der Waals surface area contributed by atoms with Crippen LogP contribution in [-0.4, -0.2) is 43.8 Å². The highest BCUT2D eigenvalue weighted by atomic mass is 35.5. The van der Waals surface area contributed by atoms with E-state index in [1.165, 1.54) is 35.5 Å². The van der Waals surface area contributed by atoms with Crippen LogP contribution < -0.4 is 5.32 Å². The highest BCUT2D eigenvalue weighted by Crippen LogP contribution is 2.28. The third-order valence-corrected chi connectivity index (χ3v) is 8.31. The van der Waals surface area contributed by atoms with Crippen LogP contribution in [0.1, 0.15) is 24.6 Å². The quantitative estimate of drug-likeness (QED) is 0.593. The molecule has 1 aliphatic heterocycles. The van der Waals surface area contributed by atoms with Crippen LogP contribution in [0.4, 0.5) is 5.69 Å². The molecular formula is C19H20Cl2N2O5S2. The third-order valence-electron chi connectivity index (χ3n) is 4.42. The first-order chi connectivity index (χ1) is 14.1. The van der Waals surface area contributed by atoms with Gasteiger partial charge in [0.05, 0.1) is 6.42 Å². The molecule has 1 amide bonds. The van der Waals surface area contributed by atoms with Crippen molar-refractivity contribution in [2.45, 2.75) is 36.5 Å². The van der Waals surface area contributed by atoms with E-state index >= 15 is 0 Å². The number of carbonyl (C=O) groups is 2. The van der Waals surface area contributed by atoms with Crippen LogP contribution in [0.25, 0.3) is 0 Å². The smallest absolute Gasteiger partial charge is 0.311 e. The average Bonchev–Trinajstić information content (AvgIpc) is 3.33. The second kappa shape index (κ2) is 9.65. The summed E-state index contributed by atoms with van der Waals surface area (Å²) in [7, 11) is -3.52. The molecule has 1 aromatic heterocycles. The minimum atomic E-state index is -3.52. The Hall–Kier alpha value is -1.65. The number of nitrogens with zero attached hydrogens (tertiary/aromatic N) is 1. The Labute approximate surface area is 189 Å². The van der Waals surface area contributed by atoms with Gasteiger partial charge in [0.1, 0.15) is 4.21 Å². The van der Waals surface area contributed by atoms with Gasteiger partial charge in [-0.1, -0.05) is 23.2 Å². The molecule has 2 heterocycles. The lowest BCUT2D eigenvalue weighted by molar-refractivity contribution is -0.152. The second-order valence-electron chi connectivity index (χ2n) is 6.79. The van der Waals surface area contributed by atoms with Crippen LogP contribution in [0.5, 0.6) is 0 Å². The molecule has 1 fully saturated rings. The molecule has 162 valence electrons. The fraction of sp³-hybridized carbons (Fsp3) is 0.368. The molecule has 1 atom stereocenters. The summed E-state index contributed by atoms with van der Waals surface area (Å²) in [5, 5.41) is 3.30. The SMILES string of the molecule is C[C@H](OC(=O)Cc1ccc(S(=O)(=O)N2CCCC2)s1)C(=O)Nc1cc(Cl)cc(Cl)c1. The fourth-order valence-corrected chi connectivity index (χ4v) is 6.49. The molecule has 3 rings (SSSR count). The van der Waals surface area contributed by atoms with Crippen molar-refractivity contribution in [2.75, 3.05) is 18.4 Å². The zero-order chi connectivity index (χ0) is 21.9. The molecule has 7 nitrogen and oxygen atoms in total. The van der Waals surface area contributed by atoms with Gasteiger partial charge in [0.25, 0.3) is 15.9 Å². The van der Waals surface area contributed by atoms with E-state index in [0.717, 1.165) is 24.2 Å². The van der Waals surface area contributed by atoms with E-state index in [1.54, 1.807) is 6.07 Å². The van der Waals surface area contributed by atoms with Crippen molar-refractivity contribution in [1.82, 2.24) is 4.31 Å². The summed E-state index contributed by atoms with van der Waals surface area (Å²) in [6.45, 7) is 2.47. The van der Waals surface area contributed by atoms with Crippen LogP contribution in [0.15, 0.2) is 34.5 Å². The number of amides is 1. The van der Waals surface area contributed by atoms with E-state index in [9.17, 15) is 18.0 Å². The molecule has 1 N–H and O–H groups in total. The van der Waals surface area contributed by atoms with Gasteiger partial charge in [-0.25, -0.2) is 8.42 Å². The molecule has 0 unspecified atom stereocenters. The van der Waals surface area contributed by atoms with Gasteiger partial charge < -0.3 is 10.1 Å². The number of rotatable bonds is 7. The van der Waals surface area contributed by atoms with E-state index < -0.39 is 28.0 Å². The number of sulfonamides is 1. The summed E-state index contributed by atoms with van der Waals surface area (Å²) in [6.07, 6.45) is 0.528. The highest BCUT2D eigenvalue weighted by molar-refractivity contribution is 7.91. The number of benzene rings is 1. The largest absolute Gasteiger partial charge is 0.452 e. The Kier molecular flexibility index (Phi) is 7.41. The molecule has 1 aromatic carbocycles. The number of ether oxygens (including phenoxy) is 1. The van der Waals surface area contributed by atoms with Gasteiger partial charge in [0.15, 0.2) is 6.10 Å². The maximum Gasteiger partial charge on any atom is 0.311 e. The first-order valence-electron chi connectivity index (χ1n) is 9.20. The molecule has 1 aliphatic rings. The van der Waals surface area contributed by atoms with Crippen LogP contribution in [0.3, 0.4) is 0 Å². The molecule has 11 heteroatoms. The molecule has 1 saturated heterocycles. The lowest BCUT2D eigenvalue weighted by Gasteiger charge is -2.14. The normalized spacial score (nSPS) is 15.7. The molecule has 0 aliphatic carbocycles. The van der Waals surface area contributed by atoms with Gasteiger partial charge in [-0.05, 0) is 50.1 Å². The van der Waals surface area contributed by atoms with Gasteiger partial charge in [-0.3, -0.25) is 9.59 Å². The number of nitrogens with one attached hydrogen (secondary N) is 1. The van der Waals surface area contributed by atoms with Gasteiger partial charge in [-0.2, -0.15) is 4.31 Å². The van der Waals surface area contributed by atoms with Crippen LogP contribution in [-0.2, 0) is 30.8 Å². The van der Waals surface area contributed by atoms with E-state index in [0.29, 0.717) is 33.7 Å². The highest BCUT2D eigenvalue weighted by Gasteiger charge is 2.29. The predicted octanol–water partition coefficient (Wildman–Crippen LogP) is 3.95.